The van der Waals surface area contributed by atoms with Gasteiger partial charge in [-0.15, -0.1) is 12.4 Å². The maximum absolute atomic E-state index is 12.0. The maximum atomic E-state index is 12.0. The molecule has 1 unspecified atom stereocenters. The average molecular weight is 504 g/mol. The molecule has 0 saturated heterocycles. The molecule has 0 bridgehead atoms. The number of pyridine rings is 1. The van der Waals surface area contributed by atoms with Crippen molar-refractivity contribution in [3.63, 3.8) is 0 Å². The quantitative estimate of drug-likeness (QED) is 0.465. The Morgan fingerprint density at radius 2 is 1.81 bits per heavy atom. The lowest BCUT2D eigenvalue weighted by atomic mass is 9.94. The summed E-state index contributed by atoms with van der Waals surface area (Å²) in [6, 6.07) is 17.0. The Kier molecular flexibility index (Phi) is 6.97. The molecule has 2 atom stereocenters. The van der Waals surface area contributed by atoms with Gasteiger partial charge in [0.1, 0.15) is 17.3 Å². The van der Waals surface area contributed by atoms with Gasteiger partial charge in [0.25, 0.3) is 0 Å². The van der Waals surface area contributed by atoms with E-state index in [1.165, 1.54) is 6.92 Å². The van der Waals surface area contributed by atoms with Gasteiger partial charge in [0.05, 0.1) is 0 Å². The van der Waals surface area contributed by atoms with Crippen molar-refractivity contribution in [3.05, 3.63) is 76.5 Å². The fourth-order valence-electron chi connectivity index (χ4n) is 3.75. The van der Waals surface area contributed by atoms with Gasteiger partial charge in [-0.1, -0.05) is 48.5 Å². The Labute approximate surface area is 194 Å². The molecule has 1 aliphatic rings. The third-order valence-corrected chi connectivity index (χ3v) is 5.67. The summed E-state index contributed by atoms with van der Waals surface area (Å²) < 4.78 is 6.16. The molecule has 3 aromatic rings. The van der Waals surface area contributed by atoms with Crippen LogP contribution in [0.5, 0.6) is 0 Å². The van der Waals surface area contributed by atoms with Crippen LogP contribution in [0.4, 0.5) is 4.79 Å². The van der Waals surface area contributed by atoms with E-state index in [4.69, 9.17) is 9.84 Å². The molecular weight excluding hydrogens is 484 g/mol. The van der Waals surface area contributed by atoms with Gasteiger partial charge in [0.2, 0.25) is 0 Å². The minimum Gasteiger partial charge on any atom is -0.480 e. The van der Waals surface area contributed by atoms with Crippen LogP contribution in [0.2, 0.25) is 0 Å². The smallest absolute Gasteiger partial charge is 0.407 e. The van der Waals surface area contributed by atoms with Crippen molar-refractivity contribution in [1.29, 1.82) is 0 Å². The molecule has 0 saturated carbocycles. The topological polar surface area (TPSA) is 88.5 Å². The maximum Gasteiger partial charge on any atom is 0.407 e. The summed E-state index contributed by atoms with van der Waals surface area (Å²) >= 11 is 3.37. The van der Waals surface area contributed by atoms with Crippen molar-refractivity contribution < 1.29 is 19.4 Å². The number of carboxylic acid groups (broad SMARTS) is 1. The predicted molar refractivity (Wildman–Crippen MR) is 123 cm³/mol. The van der Waals surface area contributed by atoms with Crippen molar-refractivity contribution in [2.45, 2.75) is 18.9 Å². The van der Waals surface area contributed by atoms with E-state index < -0.39 is 18.1 Å². The second kappa shape index (κ2) is 9.49. The van der Waals surface area contributed by atoms with Crippen LogP contribution in [0.3, 0.4) is 0 Å². The summed E-state index contributed by atoms with van der Waals surface area (Å²) in [6.45, 7) is 1.51. The molecule has 1 heterocycles. The van der Waals surface area contributed by atoms with Crippen LogP contribution in [-0.4, -0.2) is 34.8 Å². The molecule has 31 heavy (non-hydrogen) atoms. The molecule has 0 spiro atoms. The SMILES string of the molecule is C[C@H](NC(=O)OCC1c2ccccc2-c2c(-c3ccc(Br)nc3)cccc21)C(=O)O.Cl. The van der Waals surface area contributed by atoms with Crippen LogP contribution in [0.25, 0.3) is 22.3 Å². The molecule has 1 amide bonds. The first kappa shape index (κ1) is 22.8. The van der Waals surface area contributed by atoms with Crippen molar-refractivity contribution in [2.24, 2.45) is 0 Å². The monoisotopic (exact) mass is 502 g/mol. The summed E-state index contributed by atoms with van der Waals surface area (Å²) in [7, 11) is 0. The molecule has 1 aliphatic carbocycles. The van der Waals surface area contributed by atoms with E-state index in [2.05, 4.69) is 38.4 Å². The first-order valence-corrected chi connectivity index (χ1v) is 10.2. The number of benzene rings is 2. The van der Waals surface area contributed by atoms with E-state index in [-0.39, 0.29) is 24.9 Å². The average Bonchev–Trinajstić information content (AvgIpc) is 3.06. The summed E-state index contributed by atoms with van der Waals surface area (Å²) in [6.07, 6.45) is 1.08. The number of ether oxygens (including phenoxy) is 1. The zero-order valence-corrected chi connectivity index (χ0v) is 18.9. The highest BCUT2D eigenvalue weighted by molar-refractivity contribution is 9.10. The van der Waals surface area contributed by atoms with Gasteiger partial charge >= 0.3 is 12.1 Å². The van der Waals surface area contributed by atoms with Crippen molar-refractivity contribution >= 4 is 40.4 Å². The Hall–Kier alpha value is -2.90. The van der Waals surface area contributed by atoms with Crippen LogP contribution in [0.1, 0.15) is 24.0 Å². The number of rotatable bonds is 5. The van der Waals surface area contributed by atoms with E-state index in [1.54, 1.807) is 0 Å². The number of hydrogen-bond acceptors (Lipinski definition) is 4. The number of fused-ring (bicyclic) bond motifs is 3. The second-order valence-electron chi connectivity index (χ2n) is 7.08. The molecule has 2 N–H and O–H groups in total. The van der Waals surface area contributed by atoms with E-state index >= 15 is 0 Å². The molecule has 0 radical (unpaired) electrons. The standard InChI is InChI=1S/C23H19BrN2O4.ClH/c1-13(22(27)28)26-23(29)30-12-19-16-5-2-3-6-17(16)21-15(7-4-8-18(19)21)14-9-10-20(24)25-11-14;/h2-11,13,19H,12H2,1H3,(H,26,29)(H,27,28);1H/t13-,19?;/m0./s1. The first-order chi connectivity index (χ1) is 14.5. The van der Waals surface area contributed by atoms with Crippen LogP contribution < -0.4 is 5.32 Å². The summed E-state index contributed by atoms with van der Waals surface area (Å²) in [4.78, 5) is 27.3. The Balaban J connectivity index is 0.00000272. The lowest BCUT2D eigenvalue weighted by Gasteiger charge is -2.16. The molecule has 4 rings (SSSR count). The minimum absolute atomic E-state index is 0. The highest BCUT2D eigenvalue weighted by Gasteiger charge is 2.31. The molecule has 0 aliphatic heterocycles. The Bertz CT molecular complexity index is 1120. The lowest BCUT2D eigenvalue weighted by Crippen LogP contribution is -2.39. The predicted octanol–water partition coefficient (Wildman–Crippen LogP) is 5.24. The summed E-state index contributed by atoms with van der Waals surface area (Å²) in [5, 5.41) is 11.3. The molecule has 0 fully saturated rings. The fourth-order valence-corrected chi connectivity index (χ4v) is 3.99. The Morgan fingerprint density at radius 3 is 2.52 bits per heavy atom. The van der Waals surface area contributed by atoms with Gasteiger partial charge in [0, 0.05) is 17.7 Å². The highest BCUT2D eigenvalue weighted by atomic mass is 79.9. The van der Waals surface area contributed by atoms with E-state index in [0.717, 1.165) is 38.0 Å². The third kappa shape index (κ3) is 4.57. The number of halogens is 2. The zero-order valence-electron chi connectivity index (χ0n) is 16.5. The molecule has 6 nitrogen and oxygen atoms in total. The largest absolute Gasteiger partial charge is 0.480 e. The molecule has 160 valence electrons. The molecule has 2 aromatic carbocycles. The van der Waals surface area contributed by atoms with Crippen molar-refractivity contribution in [2.75, 3.05) is 6.61 Å². The fraction of sp³-hybridized carbons (Fsp3) is 0.174. The van der Waals surface area contributed by atoms with Gasteiger partial charge in [0.15, 0.2) is 0 Å². The number of nitrogens with one attached hydrogen (secondary N) is 1. The van der Waals surface area contributed by atoms with Gasteiger partial charge in [-0.05, 0) is 56.7 Å². The van der Waals surface area contributed by atoms with E-state index in [0.29, 0.717) is 0 Å². The van der Waals surface area contributed by atoms with E-state index in [1.807, 2.05) is 48.7 Å². The summed E-state index contributed by atoms with van der Waals surface area (Å²) in [5.74, 6) is -1.25. The van der Waals surface area contributed by atoms with E-state index in [9.17, 15) is 9.59 Å². The number of alkyl carbamates (subject to hydrolysis) is 1. The molecule has 8 heteroatoms. The Morgan fingerprint density at radius 1 is 1.10 bits per heavy atom. The van der Waals surface area contributed by atoms with Gasteiger partial charge in [-0.2, -0.15) is 0 Å². The van der Waals surface area contributed by atoms with Crippen LogP contribution >= 0.6 is 28.3 Å². The van der Waals surface area contributed by atoms with Gasteiger partial charge in [-0.25, -0.2) is 9.78 Å². The number of carbonyl (C=O) groups excluding carboxylic acids is 1. The number of aromatic nitrogens is 1. The van der Waals surface area contributed by atoms with Gasteiger partial charge < -0.3 is 15.2 Å². The number of hydrogen-bond donors (Lipinski definition) is 2. The third-order valence-electron chi connectivity index (χ3n) is 5.20. The first-order valence-electron chi connectivity index (χ1n) is 9.46. The van der Waals surface area contributed by atoms with Crippen LogP contribution in [0, 0.1) is 0 Å². The summed E-state index contributed by atoms with van der Waals surface area (Å²) in [5.41, 5.74) is 6.40. The van der Waals surface area contributed by atoms with Crippen LogP contribution in [0.15, 0.2) is 65.4 Å². The highest BCUT2D eigenvalue weighted by Crippen LogP contribution is 2.48. The number of nitrogens with zero attached hydrogens (tertiary/aromatic N) is 1. The zero-order chi connectivity index (χ0) is 21.3. The second-order valence-corrected chi connectivity index (χ2v) is 7.89. The molecule has 1 aromatic heterocycles. The minimum atomic E-state index is -1.11. The molecular formula is C23H20BrClN2O4. The lowest BCUT2D eigenvalue weighted by molar-refractivity contribution is -0.138. The normalized spacial score (nSPS) is 14.6. The number of amides is 1. The van der Waals surface area contributed by atoms with Gasteiger partial charge in [-0.3, -0.25) is 4.79 Å². The van der Waals surface area contributed by atoms with Crippen LogP contribution in [-0.2, 0) is 9.53 Å². The van der Waals surface area contributed by atoms with Crippen molar-refractivity contribution in [3.8, 4) is 22.3 Å². The number of aliphatic carboxylic acids is 1. The number of carbonyl (C=O) groups is 2. The van der Waals surface area contributed by atoms with Crippen molar-refractivity contribution in [1.82, 2.24) is 10.3 Å². The number of carboxylic acids is 1.